The number of aromatic amines is 2. The number of fused-ring (bicyclic) bond motifs is 1. The SMILES string of the molecule is c1csc(C2Cc3[nH]nc(-c4nn[nH]n4)c3C2)c1. The molecule has 0 fully saturated rings. The highest BCUT2D eigenvalue weighted by atomic mass is 32.1. The van der Waals surface area contributed by atoms with E-state index < -0.39 is 0 Å². The van der Waals surface area contributed by atoms with Crippen molar-refractivity contribution in [2.24, 2.45) is 0 Å². The average molecular weight is 258 g/mol. The number of rotatable bonds is 2. The molecule has 1 unspecified atom stereocenters. The van der Waals surface area contributed by atoms with Crippen LogP contribution in [0.2, 0.25) is 0 Å². The molecule has 0 aromatic carbocycles. The summed E-state index contributed by atoms with van der Waals surface area (Å²) in [6.45, 7) is 0. The van der Waals surface area contributed by atoms with Gasteiger partial charge in [-0.3, -0.25) is 5.10 Å². The molecule has 0 bridgehead atoms. The Morgan fingerprint density at radius 3 is 3.06 bits per heavy atom. The lowest BCUT2D eigenvalue weighted by atomic mass is 10.0. The van der Waals surface area contributed by atoms with E-state index in [1.54, 1.807) is 0 Å². The highest BCUT2D eigenvalue weighted by molar-refractivity contribution is 7.10. The maximum Gasteiger partial charge on any atom is 0.225 e. The summed E-state index contributed by atoms with van der Waals surface area (Å²) in [4.78, 5) is 1.43. The van der Waals surface area contributed by atoms with Crippen molar-refractivity contribution in [2.75, 3.05) is 0 Å². The Bertz CT molecular complexity index is 654. The molecule has 1 atom stereocenters. The molecule has 0 radical (unpaired) electrons. The molecule has 7 heteroatoms. The Balaban J connectivity index is 1.71. The van der Waals surface area contributed by atoms with Crippen molar-refractivity contribution in [3.8, 4) is 11.5 Å². The summed E-state index contributed by atoms with van der Waals surface area (Å²) in [7, 11) is 0. The third-order valence-corrected chi connectivity index (χ3v) is 4.39. The summed E-state index contributed by atoms with van der Waals surface area (Å²) in [6.07, 6.45) is 2.01. The molecule has 0 aliphatic heterocycles. The Morgan fingerprint density at radius 1 is 1.28 bits per heavy atom. The molecule has 3 aromatic rings. The van der Waals surface area contributed by atoms with Crippen LogP contribution in [0.5, 0.6) is 0 Å². The number of tetrazole rings is 1. The van der Waals surface area contributed by atoms with Crippen molar-refractivity contribution in [3.05, 3.63) is 33.6 Å². The molecule has 18 heavy (non-hydrogen) atoms. The van der Waals surface area contributed by atoms with Gasteiger partial charge in [-0.2, -0.15) is 10.3 Å². The molecule has 4 rings (SSSR count). The van der Waals surface area contributed by atoms with Gasteiger partial charge in [0, 0.05) is 22.1 Å². The highest BCUT2D eigenvalue weighted by Crippen LogP contribution is 2.38. The van der Waals surface area contributed by atoms with E-state index in [0.29, 0.717) is 11.7 Å². The van der Waals surface area contributed by atoms with Crippen molar-refractivity contribution in [3.63, 3.8) is 0 Å². The van der Waals surface area contributed by atoms with Gasteiger partial charge in [0.25, 0.3) is 0 Å². The first kappa shape index (κ1) is 9.95. The number of aromatic nitrogens is 6. The van der Waals surface area contributed by atoms with Gasteiger partial charge in [0.1, 0.15) is 5.69 Å². The molecule has 6 nitrogen and oxygen atoms in total. The fourth-order valence-electron chi connectivity index (χ4n) is 2.53. The molecular formula is C11H10N6S. The van der Waals surface area contributed by atoms with Gasteiger partial charge in [-0.25, -0.2) is 0 Å². The van der Waals surface area contributed by atoms with E-state index >= 15 is 0 Å². The van der Waals surface area contributed by atoms with Crippen LogP contribution in [-0.2, 0) is 12.8 Å². The molecule has 0 saturated heterocycles. The standard InChI is InChI=1S/C11H10N6S/c1-2-9(18-3-1)6-4-7-8(5-6)12-13-10(7)11-14-16-17-15-11/h1-3,6H,4-5H2,(H,12,13)(H,14,15,16,17). The van der Waals surface area contributed by atoms with Crippen LogP contribution < -0.4 is 0 Å². The summed E-state index contributed by atoms with van der Waals surface area (Å²) in [5.41, 5.74) is 3.26. The minimum atomic E-state index is 0.555. The van der Waals surface area contributed by atoms with Gasteiger partial charge in [-0.15, -0.1) is 21.5 Å². The maximum absolute atomic E-state index is 4.29. The van der Waals surface area contributed by atoms with Gasteiger partial charge >= 0.3 is 0 Å². The molecule has 0 amide bonds. The van der Waals surface area contributed by atoms with E-state index in [1.807, 2.05) is 11.3 Å². The predicted molar refractivity (Wildman–Crippen MR) is 66.2 cm³/mol. The van der Waals surface area contributed by atoms with Crippen molar-refractivity contribution >= 4 is 11.3 Å². The van der Waals surface area contributed by atoms with Crippen molar-refractivity contribution < 1.29 is 0 Å². The molecule has 3 heterocycles. The number of nitrogens with one attached hydrogen (secondary N) is 2. The second-order valence-corrected chi connectivity index (χ2v) is 5.36. The molecule has 2 N–H and O–H groups in total. The lowest BCUT2D eigenvalue weighted by molar-refractivity contribution is 0.737. The van der Waals surface area contributed by atoms with Gasteiger partial charge in [-0.1, -0.05) is 6.07 Å². The summed E-state index contributed by atoms with van der Waals surface area (Å²) < 4.78 is 0. The zero-order valence-corrected chi connectivity index (χ0v) is 10.2. The summed E-state index contributed by atoms with van der Waals surface area (Å²) in [6, 6.07) is 4.30. The number of thiophene rings is 1. The Morgan fingerprint density at radius 2 is 2.28 bits per heavy atom. The number of nitrogens with zero attached hydrogens (tertiary/aromatic N) is 4. The van der Waals surface area contributed by atoms with Crippen LogP contribution in [0.3, 0.4) is 0 Å². The highest BCUT2D eigenvalue weighted by Gasteiger charge is 2.29. The quantitative estimate of drug-likeness (QED) is 0.730. The minimum absolute atomic E-state index is 0.555. The Kier molecular flexibility index (Phi) is 2.07. The molecule has 1 aliphatic rings. The lowest BCUT2D eigenvalue weighted by Gasteiger charge is -2.05. The topological polar surface area (TPSA) is 83.1 Å². The minimum Gasteiger partial charge on any atom is -0.282 e. The molecule has 90 valence electrons. The van der Waals surface area contributed by atoms with Gasteiger partial charge in [0.05, 0.1) is 0 Å². The smallest absolute Gasteiger partial charge is 0.225 e. The van der Waals surface area contributed by atoms with Crippen LogP contribution in [0.1, 0.15) is 22.1 Å². The summed E-state index contributed by atoms with van der Waals surface area (Å²) in [5, 5.41) is 23.6. The number of H-pyrrole nitrogens is 2. The largest absolute Gasteiger partial charge is 0.282 e. The van der Waals surface area contributed by atoms with Gasteiger partial charge in [0.2, 0.25) is 5.82 Å². The monoisotopic (exact) mass is 258 g/mol. The van der Waals surface area contributed by atoms with E-state index in [2.05, 4.69) is 48.3 Å². The molecule has 0 spiro atoms. The number of hydrogen-bond donors (Lipinski definition) is 2. The number of hydrogen-bond acceptors (Lipinski definition) is 5. The zero-order chi connectivity index (χ0) is 11.9. The Labute approximate surface area is 106 Å². The van der Waals surface area contributed by atoms with Crippen LogP contribution in [-0.4, -0.2) is 30.8 Å². The molecule has 1 aliphatic carbocycles. The molecular weight excluding hydrogens is 248 g/mol. The van der Waals surface area contributed by atoms with E-state index in [4.69, 9.17) is 0 Å². The first-order valence-corrected chi connectivity index (χ1v) is 6.63. The fraction of sp³-hybridized carbons (Fsp3) is 0.273. The first-order chi connectivity index (χ1) is 8.92. The normalized spacial score (nSPS) is 18.1. The average Bonchev–Trinajstić information content (AvgIpc) is 3.13. The van der Waals surface area contributed by atoms with Crippen molar-refractivity contribution in [1.29, 1.82) is 0 Å². The van der Waals surface area contributed by atoms with Crippen molar-refractivity contribution in [1.82, 2.24) is 30.8 Å². The molecule has 3 aromatic heterocycles. The van der Waals surface area contributed by atoms with Crippen LogP contribution in [0.4, 0.5) is 0 Å². The van der Waals surface area contributed by atoms with Crippen LogP contribution >= 0.6 is 11.3 Å². The molecule has 0 saturated carbocycles. The second kappa shape index (κ2) is 3.74. The lowest BCUT2D eigenvalue weighted by Crippen LogP contribution is -1.97. The van der Waals surface area contributed by atoms with Crippen molar-refractivity contribution in [2.45, 2.75) is 18.8 Å². The van der Waals surface area contributed by atoms with Gasteiger partial charge in [-0.05, 0) is 29.5 Å². The van der Waals surface area contributed by atoms with E-state index in [-0.39, 0.29) is 0 Å². The van der Waals surface area contributed by atoms with Crippen LogP contribution in [0.15, 0.2) is 17.5 Å². The van der Waals surface area contributed by atoms with E-state index in [9.17, 15) is 0 Å². The second-order valence-electron chi connectivity index (χ2n) is 4.39. The summed E-state index contributed by atoms with van der Waals surface area (Å²) in [5.74, 6) is 1.12. The van der Waals surface area contributed by atoms with Gasteiger partial charge in [0.15, 0.2) is 0 Å². The maximum atomic E-state index is 4.29. The third-order valence-electron chi connectivity index (χ3n) is 3.36. The zero-order valence-electron chi connectivity index (χ0n) is 9.42. The predicted octanol–water partition coefficient (Wildman–Crippen LogP) is 1.53. The van der Waals surface area contributed by atoms with E-state index in [0.717, 1.165) is 18.5 Å². The summed E-state index contributed by atoms with van der Waals surface area (Å²) >= 11 is 1.81. The van der Waals surface area contributed by atoms with Crippen LogP contribution in [0.25, 0.3) is 11.5 Å². The van der Waals surface area contributed by atoms with Crippen LogP contribution in [0, 0.1) is 0 Å². The first-order valence-electron chi connectivity index (χ1n) is 5.75. The third kappa shape index (κ3) is 1.40. The fourth-order valence-corrected chi connectivity index (χ4v) is 3.36. The Hall–Kier alpha value is -2.02. The van der Waals surface area contributed by atoms with E-state index in [1.165, 1.54) is 16.1 Å². The van der Waals surface area contributed by atoms with Gasteiger partial charge < -0.3 is 0 Å².